The number of rotatable bonds is 4. The van der Waals surface area contributed by atoms with Crippen molar-refractivity contribution in [1.29, 1.82) is 0 Å². The van der Waals surface area contributed by atoms with Crippen LogP contribution in [0, 0.1) is 13.8 Å². The lowest BCUT2D eigenvalue weighted by atomic mass is 10.1. The Balaban J connectivity index is 1.88. The van der Waals surface area contributed by atoms with Gasteiger partial charge in [-0.2, -0.15) is 0 Å². The largest absolute Gasteiger partial charge is 0.351 e. The van der Waals surface area contributed by atoms with Gasteiger partial charge in [-0.25, -0.2) is 4.98 Å². The first kappa shape index (κ1) is 12.8. The topological polar surface area (TPSA) is 42.0 Å². The monoisotopic (exact) mass is 260 g/mol. The number of hydrogen-bond donors (Lipinski definition) is 1. The first-order valence-electron chi connectivity index (χ1n) is 5.91. The van der Waals surface area contributed by atoms with Crippen LogP contribution in [0.1, 0.15) is 26.5 Å². The van der Waals surface area contributed by atoms with Crippen LogP contribution >= 0.6 is 11.3 Å². The SMILES string of the molecule is Cc1ccccc1CCNC(=O)c1scnc1C. The first-order chi connectivity index (χ1) is 8.68. The molecule has 1 aromatic heterocycles. The number of thiazole rings is 1. The molecule has 1 N–H and O–H groups in total. The molecule has 2 rings (SSSR count). The van der Waals surface area contributed by atoms with Crippen molar-refractivity contribution in [2.75, 3.05) is 6.54 Å². The number of carbonyl (C=O) groups excluding carboxylic acids is 1. The van der Waals surface area contributed by atoms with E-state index in [0.717, 1.165) is 12.1 Å². The zero-order valence-electron chi connectivity index (χ0n) is 10.6. The maximum Gasteiger partial charge on any atom is 0.263 e. The van der Waals surface area contributed by atoms with Crippen LogP contribution in [0.15, 0.2) is 29.8 Å². The highest BCUT2D eigenvalue weighted by atomic mass is 32.1. The fourth-order valence-corrected chi connectivity index (χ4v) is 2.52. The quantitative estimate of drug-likeness (QED) is 0.918. The van der Waals surface area contributed by atoms with Crippen LogP contribution in [-0.2, 0) is 6.42 Å². The molecule has 1 aromatic carbocycles. The summed E-state index contributed by atoms with van der Waals surface area (Å²) >= 11 is 1.38. The number of nitrogens with one attached hydrogen (secondary N) is 1. The fraction of sp³-hybridized carbons (Fsp3) is 0.286. The van der Waals surface area contributed by atoms with Crippen LogP contribution < -0.4 is 5.32 Å². The summed E-state index contributed by atoms with van der Waals surface area (Å²) in [6.07, 6.45) is 0.857. The van der Waals surface area contributed by atoms with Gasteiger partial charge in [0.05, 0.1) is 11.2 Å². The molecule has 0 unspecified atom stereocenters. The van der Waals surface area contributed by atoms with E-state index in [9.17, 15) is 4.79 Å². The Morgan fingerprint density at radius 2 is 2.11 bits per heavy atom. The van der Waals surface area contributed by atoms with Gasteiger partial charge >= 0.3 is 0 Å². The Kier molecular flexibility index (Phi) is 4.10. The lowest BCUT2D eigenvalue weighted by Crippen LogP contribution is -2.25. The zero-order valence-corrected chi connectivity index (χ0v) is 11.4. The third-order valence-corrected chi connectivity index (χ3v) is 3.82. The van der Waals surface area contributed by atoms with Crippen molar-refractivity contribution in [3.8, 4) is 0 Å². The van der Waals surface area contributed by atoms with Crippen molar-refractivity contribution in [2.24, 2.45) is 0 Å². The third kappa shape index (κ3) is 2.96. The molecule has 0 aliphatic rings. The number of amides is 1. The molecular formula is C14H16N2OS. The summed E-state index contributed by atoms with van der Waals surface area (Å²) < 4.78 is 0. The molecule has 94 valence electrons. The van der Waals surface area contributed by atoms with Crippen molar-refractivity contribution in [2.45, 2.75) is 20.3 Å². The number of nitrogens with zero attached hydrogens (tertiary/aromatic N) is 1. The van der Waals surface area contributed by atoms with Gasteiger partial charge in [0, 0.05) is 6.54 Å². The van der Waals surface area contributed by atoms with Gasteiger partial charge in [0.1, 0.15) is 4.88 Å². The molecule has 1 amide bonds. The summed E-state index contributed by atoms with van der Waals surface area (Å²) in [5, 5.41) is 2.93. The van der Waals surface area contributed by atoms with Gasteiger partial charge in [0.15, 0.2) is 0 Å². The molecule has 0 bridgehead atoms. The second-order valence-electron chi connectivity index (χ2n) is 4.20. The van der Waals surface area contributed by atoms with Crippen molar-refractivity contribution >= 4 is 17.2 Å². The lowest BCUT2D eigenvalue weighted by molar-refractivity contribution is 0.0957. The minimum Gasteiger partial charge on any atom is -0.351 e. The normalized spacial score (nSPS) is 10.3. The third-order valence-electron chi connectivity index (χ3n) is 2.89. The van der Waals surface area contributed by atoms with E-state index < -0.39 is 0 Å². The van der Waals surface area contributed by atoms with E-state index in [1.165, 1.54) is 22.5 Å². The van der Waals surface area contributed by atoms with Crippen LogP contribution in [-0.4, -0.2) is 17.4 Å². The second-order valence-corrected chi connectivity index (χ2v) is 5.05. The maximum atomic E-state index is 11.9. The smallest absolute Gasteiger partial charge is 0.263 e. The number of carbonyl (C=O) groups is 1. The van der Waals surface area contributed by atoms with Crippen LogP contribution in [0.25, 0.3) is 0 Å². The summed E-state index contributed by atoms with van der Waals surface area (Å²) in [4.78, 5) is 16.6. The number of hydrogen-bond acceptors (Lipinski definition) is 3. The van der Waals surface area contributed by atoms with E-state index >= 15 is 0 Å². The molecular weight excluding hydrogens is 244 g/mol. The highest BCUT2D eigenvalue weighted by Crippen LogP contribution is 2.12. The zero-order chi connectivity index (χ0) is 13.0. The fourth-order valence-electron chi connectivity index (χ4n) is 1.80. The van der Waals surface area contributed by atoms with Crippen molar-refractivity contribution in [3.05, 3.63) is 51.5 Å². The predicted octanol–water partition coefficient (Wildman–Crippen LogP) is 2.73. The molecule has 1 heterocycles. The molecule has 0 saturated carbocycles. The lowest BCUT2D eigenvalue weighted by Gasteiger charge is -2.06. The Bertz CT molecular complexity index is 548. The average Bonchev–Trinajstić information content (AvgIpc) is 2.78. The van der Waals surface area contributed by atoms with Crippen molar-refractivity contribution in [1.82, 2.24) is 10.3 Å². The molecule has 18 heavy (non-hydrogen) atoms. The van der Waals surface area contributed by atoms with Gasteiger partial charge < -0.3 is 5.32 Å². The van der Waals surface area contributed by atoms with E-state index in [-0.39, 0.29) is 5.91 Å². The standard InChI is InChI=1S/C14H16N2OS/c1-10-5-3-4-6-12(10)7-8-15-14(17)13-11(2)16-9-18-13/h3-6,9H,7-8H2,1-2H3,(H,15,17). The molecule has 0 aliphatic carbocycles. The molecule has 0 atom stereocenters. The van der Waals surface area contributed by atoms with Gasteiger partial charge in [0.2, 0.25) is 0 Å². The predicted molar refractivity (Wildman–Crippen MR) is 74.1 cm³/mol. The Hall–Kier alpha value is -1.68. The average molecular weight is 260 g/mol. The Morgan fingerprint density at radius 3 is 2.78 bits per heavy atom. The summed E-state index contributed by atoms with van der Waals surface area (Å²) in [5.74, 6) is -0.0245. The van der Waals surface area contributed by atoms with Gasteiger partial charge in [-0.05, 0) is 31.4 Å². The van der Waals surface area contributed by atoms with E-state index in [1.54, 1.807) is 5.51 Å². The van der Waals surface area contributed by atoms with Gasteiger partial charge in [-0.1, -0.05) is 24.3 Å². The summed E-state index contributed by atoms with van der Waals surface area (Å²) in [6, 6.07) is 8.24. The molecule has 0 fully saturated rings. The summed E-state index contributed by atoms with van der Waals surface area (Å²) in [7, 11) is 0. The molecule has 0 saturated heterocycles. The number of aromatic nitrogens is 1. The minimum atomic E-state index is -0.0245. The maximum absolute atomic E-state index is 11.9. The van der Waals surface area contributed by atoms with Gasteiger partial charge in [-0.15, -0.1) is 11.3 Å². The van der Waals surface area contributed by atoms with Crippen LogP contribution in [0.3, 0.4) is 0 Å². The van der Waals surface area contributed by atoms with Gasteiger partial charge in [0.25, 0.3) is 5.91 Å². The molecule has 2 aromatic rings. The van der Waals surface area contributed by atoms with Crippen LogP contribution in [0.2, 0.25) is 0 Å². The molecule has 4 heteroatoms. The van der Waals surface area contributed by atoms with Gasteiger partial charge in [-0.3, -0.25) is 4.79 Å². The van der Waals surface area contributed by atoms with Crippen molar-refractivity contribution < 1.29 is 4.79 Å². The Morgan fingerprint density at radius 1 is 1.33 bits per heavy atom. The highest BCUT2D eigenvalue weighted by molar-refractivity contribution is 7.11. The molecule has 3 nitrogen and oxygen atoms in total. The van der Waals surface area contributed by atoms with E-state index in [0.29, 0.717) is 11.4 Å². The van der Waals surface area contributed by atoms with Crippen LogP contribution in [0.4, 0.5) is 0 Å². The number of aryl methyl sites for hydroxylation is 2. The minimum absolute atomic E-state index is 0.0245. The second kappa shape index (κ2) is 5.78. The summed E-state index contributed by atoms with van der Waals surface area (Å²) in [5.41, 5.74) is 5.04. The van der Waals surface area contributed by atoms with E-state index in [1.807, 2.05) is 19.1 Å². The molecule has 0 aliphatic heterocycles. The van der Waals surface area contributed by atoms with Crippen molar-refractivity contribution in [3.63, 3.8) is 0 Å². The molecule has 0 radical (unpaired) electrons. The Labute approximate surface area is 111 Å². The first-order valence-corrected chi connectivity index (χ1v) is 6.79. The van der Waals surface area contributed by atoms with E-state index in [2.05, 4.69) is 29.4 Å². The number of benzene rings is 1. The summed E-state index contributed by atoms with van der Waals surface area (Å²) in [6.45, 7) is 4.60. The highest BCUT2D eigenvalue weighted by Gasteiger charge is 2.10. The molecule has 0 spiro atoms. The van der Waals surface area contributed by atoms with Crippen LogP contribution in [0.5, 0.6) is 0 Å². The van der Waals surface area contributed by atoms with E-state index in [4.69, 9.17) is 0 Å².